The third-order valence-electron chi connectivity index (χ3n) is 11.7. The molecule has 4 aliphatic carbocycles. The van der Waals surface area contributed by atoms with Crippen LogP contribution in [0.25, 0.3) is 0 Å². The van der Waals surface area contributed by atoms with Crippen molar-refractivity contribution in [2.45, 2.75) is 96.9 Å². The number of carbonyl (C=O) groups is 1. The molecule has 6 heteroatoms. The van der Waals surface area contributed by atoms with Crippen LogP contribution < -0.4 is 0 Å². The molecule has 0 radical (unpaired) electrons. The minimum Gasteiger partial charge on any atom is -0.469 e. The third kappa shape index (κ3) is 4.38. The number of hydrogen-bond donors (Lipinski definition) is 0. The zero-order valence-corrected chi connectivity index (χ0v) is 22.7. The average Bonchev–Trinajstić information content (AvgIpc) is 3.45. The molecule has 6 nitrogen and oxygen atoms in total. The van der Waals surface area contributed by atoms with Gasteiger partial charge in [-0.2, -0.15) is 0 Å². The Morgan fingerprint density at radius 1 is 1.00 bits per heavy atom. The van der Waals surface area contributed by atoms with Crippen LogP contribution in [0.1, 0.15) is 85.0 Å². The molecule has 9 atom stereocenters. The normalized spacial score (nSPS) is 44.9. The molecule has 0 bridgehead atoms. The van der Waals surface area contributed by atoms with Crippen molar-refractivity contribution < 1.29 is 28.5 Å². The SMILES string of the molecule is COCO[C@@H]1C[C@H]2CC3(CC[C@]2(C)[C@H]2CC[C@]4(C)[C@@H]([C@H](C)CCC(=O)OC)CC[C@H]4[C@H]12)OCCO3. The summed E-state index contributed by atoms with van der Waals surface area (Å²) in [6, 6.07) is 0. The number of rotatable bonds is 7. The Hall–Kier alpha value is -0.690. The molecule has 5 fully saturated rings. The Kier molecular flexibility index (Phi) is 7.33. The van der Waals surface area contributed by atoms with Gasteiger partial charge in [0.05, 0.1) is 26.4 Å². The number of esters is 1. The van der Waals surface area contributed by atoms with E-state index in [2.05, 4.69) is 20.8 Å². The topological polar surface area (TPSA) is 63.2 Å². The number of hydrogen-bond acceptors (Lipinski definition) is 6. The Morgan fingerprint density at radius 3 is 2.46 bits per heavy atom. The quantitative estimate of drug-likeness (QED) is 0.342. The van der Waals surface area contributed by atoms with Gasteiger partial charge in [-0.15, -0.1) is 0 Å². The highest BCUT2D eigenvalue weighted by Gasteiger charge is 2.65. The lowest BCUT2D eigenvalue weighted by atomic mass is 9.43. The molecule has 0 amide bonds. The Labute approximate surface area is 212 Å². The minimum absolute atomic E-state index is 0.0789. The summed E-state index contributed by atoms with van der Waals surface area (Å²) in [5, 5.41) is 0. The molecule has 200 valence electrons. The smallest absolute Gasteiger partial charge is 0.305 e. The zero-order valence-electron chi connectivity index (χ0n) is 22.7. The van der Waals surface area contributed by atoms with Crippen LogP contribution in [-0.4, -0.2) is 52.1 Å². The summed E-state index contributed by atoms with van der Waals surface area (Å²) < 4.78 is 29.2. The predicted molar refractivity (Wildman–Crippen MR) is 132 cm³/mol. The van der Waals surface area contributed by atoms with E-state index in [1.54, 1.807) is 7.11 Å². The summed E-state index contributed by atoms with van der Waals surface area (Å²) in [5.41, 5.74) is 0.649. The molecule has 0 aromatic rings. The highest BCUT2D eigenvalue weighted by molar-refractivity contribution is 5.69. The number of ether oxygens (including phenoxy) is 5. The van der Waals surface area contributed by atoms with Crippen molar-refractivity contribution in [2.24, 2.45) is 46.3 Å². The summed E-state index contributed by atoms with van der Waals surface area (Å²) >= 11 is 0. The molecule has 5 aliphatic rings. The van der Waals surface area contributed by atoms with Crippen molar-refractivity contribution in [1.82, 2.24) is 0 Å². The second-order valence-corrected chi connectivity index (χ2v) is 13.0. The Balaban J connectivity index is 1.38. The van der Waals surface area contributed by atoms with E-state index in [4.69, 9.17) is 23.7 Å². The van der Waals surface area contributed by atoms with Crippen molar-refractivity contribution in [3.63, 3.8) is 0 Å². The molecular formula is C29H48O6. The highest BCUT2D eigenvalue weighted by Crippen LogP contribution is 2.69. The van der Waals surface area contributed by atoms with Gasteiger partial charge in [-0.3, -0.25) is 4.79 Å². The molecule has 1 heterocycles. The summed E-state index contributed by atoms with van der Waals surface area (Å²) in [6.45, 7) is 9.35. The largest absolute Gasteiger partial charge is 0.469 e. The number of methoxy groups -OCH3 is 2. The zero-order chi connectivity index (χ0) is 24.8. The van der Waals surface area contributed by atoms with E-state index in [1.165, 1.54) is 39.2 Å². The second kappa shape index (κ2) is 9.89. The van der Waals surface area contributed by atoms with E-state index in [9.17, 15) is 4.79 Å². The first-order valence-electron chi connectivity index (χ1n) is 14.2. The maximum atomic E-state index is 11.8. The fourth-order valence-corrected chi connectivity index (χ4v) is 9.85. The molecule has 1 saturated heterocycles. The van der Waals surface area contributed by atoms with Crippen LogP contribution in [0.15, 0.2) is 0 Å². The maximum Gasteiger partial charge on any atom is 0.305 e. The minimum atomic E-state index is -0.348. The van der Waals surface area contributed by atoms with Crippen LogP contribution in [0.5, 0.6) is 0 Å². The first-order chi connectivity index (χ1) is 16.8. The van der Waals surface area contributed by atoms with Crippen molar-refractivity contribution in [3.05, 3.63) is 0 Å². The molecule has 4 saturated carbocycles. The van der Waals surface area contributed by atoms with Crippen molar-refractivity contribution in [2.75, 3.05) is 34.2 Å². The molecule has 0 unspecified atom stereocenters. The van der Waals surface area contributed by atoms with Gasteiger partial charge in [-0.25, -0.2) is 0 Å². The van der Waals surface area contributed by atoms with E-state index >= 15 is 0 Å². The fraction of sp³-hybridized carbons (Fsp3) is 0.966. The maximum absolute atomic E-state index is 11.8. The van der Waals surface area contributed by atoms with Gasteiger partial charge in [0.15, 0.2) is 5.79 Å². The van der Waals surface area contributed by atoms with Gasteiger partial charge in [-0.1, -0.05) is 20.8 Å². The van der Waals surface area contributed by atoms with Gasteiger partial charge in [0, 0.05) is 26.4 Å². The summed E-state index contributed by atoms with van der Waals surface area (Å²) in [4.78, 5) is 11.8. The molecule has 35 heavy (non-hydrogen) atoms. The predicted octanol–water partition coefficient (Wildman–Crippen LogP) is 5.58. The molecule has 0 N–H and O–H groups in total. The van der Waals surface area contributed by atoms with Gasteiger partial charge < -0.3 is 23.7 Å². The average molecular weight is 493 g/mol. The molecule has 0 aromatic heterocycles. The second-order valence-electron chi connectivity index (χ2n) is 13.0. The lowest BCUT2D eigenvalue weighted by Gasteiger charge is -2.63. The van der Waals surface area contributed by atoms with Crippen LogP contribution in [0.2, 0.25) is 0 Å². The fourth-order valence-electron chi connectivity index (χ4n) is 9.85. The first kappa shape index (κ1) is 25.9. The summed E-state index contributed by atoms with van der Waals surface area (Å²) in [5.74, 6) is 3.30. The molecule has 5 rings (SSSR count). The van der Waals surface area contributed by atoms with Crippen LogP contribution >= 0.6 is 0 Å². The van der Waals surface area contributed by atoms with E-state index in [0.29, 0.717) is 59.6 Å². The lowest BCUT2D eigenvalue weighted by Crippen LogP contribution is -2.60. The van der Waals surface area contributed by atoms with Gasteiger partial charge >= 0.3 is 5.97 Å². The van der Waals surface area contributed by atoms with E-state index in [0.717, 1.165) is 38.9 Å². The van der Waals surface area contributed by atoms with Crippen LogP contribution in [-0.2, 0) is 28.5 Å². The van der Waals surface area contributed by atoms with E-state index in [1.807, 2.05) is 0 Å². The van der Waals surface area contributed by atoms with Crippen molar-refractivity contribution in [3.8, 4) is 0 Å². The molecule has 1 spiro atoms. The Bertz CT molecular complexity index is 764. The first-order valence-corrected chi connectivity index (χ1v) is 14.2. The monoisotopic (exact) mass is 492 g/mol. The molecular weight excluding hydrogens is 444 g/mol. The van der Waals surface area contributed by atoms with Crippen molar-refractivity contribution >= 4 is 5.97 Å². The van der Waals surface area contributed by atoms with Gasteiger partial charge in [0.2, 0.25) is 0 Å². The summed E-state index contributed by atoms with van der Waals surface area (Å²) in [6.07, 6.45) is 11.2. The van der Waals surface area contributed by atoms with Gasteiger partial charge in [0.25, 0.3) is 0 Å². The molecule has 1 aliphatic heterocycles. The van der Waals surface area contributed by atoms with Gasteiger partial charge in [-0.05, 0) is 91.3 Å². The molecule has 0 aromatic carbocycles. The van der Waals surface area contributed by atoms with Crippen LogP contribution in [0.4, 0.5) is 0 Å². The number of carbonyl (C=O) groups excluding carboxylic acids is 1. The standard InChI is InChI=1S/C29H48O6/c1-19(6-9-25(30)32-5)21-7-8-22-26-23(10-11-28(21,22)3)27(2)12-13-29(34-14-15-35-29)17-20(27)16-24(26)33-18-31-4/h19-24,26H,6-18H2,1-5H3/t19-,20+,21-,22+,23+,24-,26+,27+,28-/m1/s1. The van der Waals surface area contributed by atoms with Crippen molar-refractivity contribution in [1.29, 1.82) is 0 Å². The lowest BCUT2D eigenvalue weighted by molar-refractivity contribution is -0.253. The van der Waals surface area contributed by atoms with E-state index in [-0.39, 0.29) is 17.9 Å². The Morgan fingerprint density at radius 2 is 1.74 bits per heavy atom. The highest BCUT2D eigenvalue weighted by atomic mass is 16.7. The number of fused-ring (bicyclic) bond motifs is 5. The van der Waals surface area contributed by atoms with E-state index < -0.39 is 0 Å². The van der Waals surface area contributed by atoms with Crippen LogP contribution in [0.3, 0.4) is 0 Å². The third-order valence-corrected chi connectivity index (χ3v) is 11.7. The summed E-state index contributed by atoms with van der Waals surface area (Å²) in [7, 11) is 3.23. The van der Waals surface area contributed by atoms with Gasteiger partial charge in [0.1, 0.15) is 6.79 Å². The van der Waals surface area contributed by atoms with Crippen LogP contribution in [0, 0.1) is 46.3 Å².